The SMILES string of the molecule is Cc1ncnc2c1CCN(Cc1ccc3c(c1)OCO3)CC2. The minimum absolute atomic E-state index is 0.329. The first-order valence-corrected chi connectivity index (χ1v) is 7.70. The van der Waals surface area contributed by atoms with Gasteiger partial charge in [0.1, 0.15) is 6.33 Å². The van der Waals surface area contributed by atoms with Crippen molar-refractivity contribution >= 4 is 0 Å². The lowest BCUT2D eigenvalue weighted by atomic mass is 10.1. The third-order valence-corrected chi connectivity index (χ3v) is 4.44. The van der Waals surface area contributed by atoms with Crippen molar-refractivity contribution in [2.75, 3.05) is 19.9 Å². The van der Waals surface area contributed by atoms with Crippen molar-refractivity contribution in [3.05, 3.63) is 47.0 Å². The Morgan fingerprint density at radius 1 is 1.09 bits per heavy atom. The Kier molecular flexibility index (Phi) is 3.42. The van der Waals surface area contributed by atoms with Crippen molar-refractivity contribution in [3.8, 4) is 11.5 Å². The van der Waals surface area contributed by atoms with Crippen LogP contribution in [0.25, 0.3) is 0 Å². The number of benzene rings is 1. The Hall–Kier alpha value is -2.14. The summed E-state index contributed by atoms with van der Waals surface area (Å²) >= 11 is 0. The molecule has 0 bridgehead atoms. The van der Waals surface area contributed by atoms with Gasteiger partial charge in [0.05, 0.1) is 0 Å². The number of hydrogen-bond acceptors (Lipinski definition) is 5. The van der Waals surface area contributed by atoms with Gasteiger partial charge in [-0.1, -0.05) is 6.07 Å². The Balaban J connectivity index is 1.48. The zero-order valence-corrected chi connectivity index (χ0v) is 12.7. The van der Waals surface area contributed by atoms with Gasteiger partial charge in [0, 0.05) is 37.4 Å². The summed E-state index contributed by atoms with van der Waals surface area (Å²) in [6, 6.07) is 6.21. The van der Waals surface area contributed by atoms with E-state index in [9.17, 15) is 0 Å². The first-order chi connectivity index (χ1) is 10.8. The molecule has 2 aliphatic rings. The highest BCUT2D eigenvalue weighted by atomic mass is 16.7. The molecule has 2 aromatic rings. The number of fused-ring (bicyclic) bond motifs is 2. The predicted octanol–water partition coefficient (Wildman–Crippen LogP) is 2.11. The average molecular weight is 297 g/mol. The van der Waals surface area contributed by atoms with Crippen LogP contribution in [-0.2, 0) is 19.4 Å². The second-order valence-corrected chi connectivity index (χ2v) is 5.85. The van der Waals surface area contributed by atoms with Crippen molar-refractivity contribution < 1.29 is 9.47 Å². The molecule has 3 heterocycles. The highest BCUT2D eigenvalue weighted by Gasteiger charge is 2.18. The largest absolute Gasteiger partial charge is 0.454 e. The number of hydrogen-bond donors (Lipinski definition) is 0. The monoisotopic (exact) mass is 297 g/mol. The minimum atomic E-state index is 0.329. The number of aromatic nitrogens is 2. The van der Waals surface area contributed by atoms with Crippen molar-refractivity contribution in [2.45, 2.75) is 26.3 Å². The number of rotatable bonds is 2. The van der Waals surface area contributed by atoms with Gasteiger partial charge in [-0.05, 0) is 36.6 Å². The lowest BCUT2D eigenvalue weighted by Crippen LogP contribution is -2.25. The molecule has 0 N–H and O–H groups in total. The average Bonchev–Trinajstić information content (AvgIpc) is 2.89. The van der Waals surface area contributed by atoms with E-state index in [1.807, 2.05) is 6.07 Å². The third-order valence-electron chi connectivity index (χ3n) is 4.44. The molecule has 1 aromatic carbocycles. The molecule has 0 amide bonds. The fourth-order valence-corrected chi connectivity index (χ4v) is 3.19. The molecule has 2 aliphatic heterocycles. The maximum atomic E-state index is 5.46. The maximum absolute atomic E-state index is 5.46. The molecule has 0 spiro atoms. The van der Waals surface area contributed by atoms with Crippen LogP contribution in [0, 0.1) is 6.92 Å². The molecule has 5 heteroatoms. The van der Waals surface area contributed by atoms with Crippen LogP contribution < -0.4 is 9.47 Å². The van der Waals surface area contributed by atoms with Gasteiger partial charge in [0.25, 0.3) is 0 Å². The number of aryl methyl sites for hydroxylation is 1. The molecule has 1 aromatic heterocycles. The van der Waals surface area contributed by atoms with Gasteiger partial charge < -0.3 is 9.47 Å². The fraction of sp³-hybridized carbons (Fsp3) is 0.412. The summed E-state index contributed by atoms with van der Waals surface area (Å²) in [7, 11) is 0. The zero-order chi connectivity index (χ0) is 14.9. The molecule has 22 heavy (non-hydrogen) atoms. The summed E-state index contributed by atoms with van der Waals surface area (Å²) in [5, 5.41) is 0. The molecular weight excluding hydrogens is 278 g/mol. The van der Waals surface area contributed by atoms with E-state index in [1.54, 1.807) is 6.33 Å². The molecule has 5 nitrogen and oxygen atoms in total. The third kappa shape index (κ3) is 2.52. The van der Waals surface area contributed by atoms with Crippen molar-refractivity contribution in [1.29, 1.82) is 0 Å². The molecule has 114 valence electrons. The van der Waals surface area contributed by atoms with E-state index in [2.05, 4.69) is 33.9 Å². The molecule has 0 radical (unpaired) electrons. The van der Waals surface area contributed by atoms with E-state index in [-0.39, 0.29) is 0 Å². The Morgan fingerprint density at radius 2 is 1.95 bits per heavy atom. The summed E-state index contributed by atoms with van der Waals surface area (Å²) in [5.74, 6) is 1.70. The van der Waals surface area contributed by atoms with E-state index in [0.717, 1.165) is 49.7 Å². The Morgan fingerprint density at radius 3 is 2.91 bits per heavy atom. The minimum Gasteiger partial charge on any atom is -0.454 e. The first-order valence-electron chi connectivity index (χ1n) is 7.70. The van der Waals surface area contributed by atoms with E-state index in [1.165, 1.54) is 16.8 Å². The van der Waals surface area contributed by atoms with Gasteiger partial charge in [-0.25, -0.2) is 9.97 Å². The molecule has 0 saturated carbocycles. The van der Waals surface area contributed by atoms with E-state index < -0.39 is 0 Å². The molecule has 4 rings (SSSR count). The standard InChI is InChI=1S/C17H19N3O2/c1-12-14-4-6-20(7-5-15(14)19-10-18-12)9-13-2-3-16-17(8-13)22-11-21-16/h2-3,8,10H,4-7,9,11H2,1H3. The molecule has 0 unspecified atom stereocenters. The van der Waals surface area contributed by atoms with Crippen LogP contribution in [0.3, 0.4) is 0 Å². The van der Waals surface area contributed by atoms with Crippen LogP contribution >= 0.6 is 0 Å². The lowest BCUT2D eigenvalue weighted by molar-refractivity contribution is 0.174. The summed E-state index contributed by atoms with van der Waals surface area (Å²) in [6.45, 7) is 5.40. The van der Waals surface area contributed by atoms with Crippen molar-refractivity contribution in [2.24, 2.45) is 0 Å². The van der Waals surface area contributed by atoms with Crippen molar-refractivity contribution in [1.82, 2.24) is 14.9 Å². The van der Waals surface area contributed by atoms with E-state index >= 15 is 0 Å². The summed E-state index contributed by atoms with van der Waals surface area (Å²) in [5.41, 5.74) is 4.92. The van der Waals surface area contributed by atoms with Crippen molar-refractivity contribution in [3.63, 3.8) is 0 Å². The highest BCUT2D eigenvalue weighted by molar-refractivity contribution is 5.44. The van der Waals surface area contributed by atoms with Gasteiger partial charge >= 0.3 is 0 Å². The van der Waals surface area contributed by atoms with E-state index in [4.69, 9.17) is 9.47 Å². The van der Waals surface area contributed by atoms with Crippen LogP contribution in [0.5, 0.6) is 11.5 Å². The molecule has 0 atom stereocenters. The molecular formula is C17H19N3O2. The summed E-state index contributed by atoms with van der Waals surface area (Å²) < 4.78 is 10.8. The second kappa shape index (κ2) is 5.57. The van der Waals surface area contributed by atoms with E-state index in [0.29, 0.717) is 6.79 Å². The van der Waals surface area contributed by atoms with Crippen LogP contribution in [-0.4, -0.2) is 34.8 Å². The van der Waals surface area contributed by atoms with Crippen LogP contribution in [0.1, 0.15) is 22.5 Å². The Bertz CT molecular complexity index is 702. The summed E-state index contributed by atoms with van der Waals surface area (Å²) in [4.78, 5) is 11.2. The highest BCUT2D eigenvalue weighted by Crippen LogP contribution is 2.33. The van der Waals surface area contributed by atoms with Gasteiger partial charge in [-0.2, -0.15) is 0 Å². The number of ether oxygens (including phenoxy) is 2. The summed E-state index contributed by atoms with van der Waals surface area (Å²) in [6.07, 6.45) is 3.69. The second-order valence-electron chi connectivity index (χ2n) is 5.85. The maximum Gasteiger partial charge on any atom is 0.231 e. The molecule has 0 aliphatic carbocycles. The zero-order valence-electron chi connectivity index (χ0n) is 12.7. The Labute approximate surface area is 129 Å². The number of nitrogens with zero attached hydrogens (tertiary/aromatic N) is 3. The van der Waals surface area contributed by atoms with Crippen LogP contribution in [0.15, 0.2) is 24.5 Å². The van der Waals surface area contributed by atoms with Gasteiger partial charge in [0.15, 0.2) is 11.5 Å². The first kappa shape index (κ1) is 13.5. The van der Waals surface area contributed by atoms with Gasteiger partial charge in [-0.15, -0.1) is 0 Å². The molecule has 0 fully saturated rings. The van der Waals surface area contributed by atoms with Crippen LogP contribution in [0.2, 0.25) is 0 Å². The molecule has 0 saturated heterocycles. The predicted molar refractivity (Wildman–Crippen MR) is 82.0 cm³/mol. The topological polar surface area (TPSA) is 47.5 Å². The smallest absolute Gasteiger partial charge is 0.231 e. The fourth-order valence-electron chi connectivity index (χ4n) is 3.19. The van der Waals surface area contributed by atoms with Gasteiger partial charge in [-0.3, -0.25) is 4.90 Å². The normalized spacial score (nSPS) is 17.1. The lowest BCUT2D eigenvalue weighted by Gasteiger charge is -2.19. The quantitative estimate of drug-likeness (QED) is 0.849. The van der Waals surface area contributed by atoms with Gasteiger partial charge in [0.2, 0.25) is 6.79 Å². The van der Waals surface area contributed by atoms with Crippen LogP contribution in [0.4, 0.5) is 0 Å².